The van der Waals surface area contributed by atoms with Gasteiger partial charge in [0.05, 0.1) is 10.7 Å². The highest BCUT2D eigenvalue weighted by Gasteiger charge is 2.05. The van der Waals surface area contributed by atoms with Crippen LogP contribution in [-0.2, 0) is 13.7 Å². The zero-order valence-electron chi connectivity index (χ0n) is 8.52. The fourth-order valence-corrected chi connectivity index (χ4v) is 1.56. The van der Waals surface area contributed by atoms with E-state index in [0.717, 1.165) is 0 Å². The quantitative estimate of drug-likeness (QED) is 0.869. The van der Waals surface area contributed by atoms with Crippen LogP contribution in [0.25, 0.3) is 0 Å². The van der Waals surface area contributed by atoms with E-state index in [4.69, 9.17) is 4.74 Å². The minimum atomic E-state index is -0.336. The van der Waals surface area contributed by atoms with Crippen molar-refractivity contribution in [2.24, 2.45) is 7.05 Å². The number of rotatable bonds is 3. The molecule has 2 rings (SSSR count). The Labute approximate surface area is 100 Å². The van der Waals surface area contributed by atoms with Gasteiger partial charge in [-0.2, -0.15) is 0 Å². The highest BCUT2D eigenvalue weighted by molar-refractivity contribution is 9.10. The SMILES string of the molecule is Cn1cc(COc2cc(F)ccc2Br)nn1. The predicted molar refractivity (Wildman–Crippen MR) is 59.4 cm³/mol. The van der Waals surface area contributed by atoms with E-state index in [9.17, 15) is 4.39 Å². The number of hydrogen-bond donors (Lipinski definition) is 0. The number of hydrogen-bond acceptors (Lipinski definition) is 3. The van der Waals surface area contributed by atoms with Crippen LogP contribution >= 0.6 is 15.9 Å². The average molecular weight is 286 g/mol. The van der Waals surface area contributed by atoms with E-state index in [2.05, 4.69) is 26.2 Å². The van der Waals surface area contributed by atoms with E-state index >= 15 is 0 Å². The van der Waals surface area contributed by atoms with Crippen molar-refractivity contribution < 1.29 is 9.13 Å². The molecule has 0 atom stereocenters. The molecule has 0 amide bonds. The summed E-state index contributed by atoms with van der Waals surface area (Å²) in [6, 6.07) is 4.28. The lowest BCUT2D eigenvalue weighted by atomic mass is 10.3. The Hall–Kier alpha value is -1.43. The maximum absolute atomic E-state index is 12.9. The number of ether oxygens (including phenoxy) is 1. The molecule has 0 saturated heterocycles. The summed E-state index contributed by atoms with van der Waals surface area (Å²) in [4.78, 5) is 0. The third-order valence-corrected chi connectivity index (χ3v) is 2.57. The van der Waals surface area contributed by atoms with E-state index in [-0.39, 0.29) is 12.4 Å². The normalized spacial score (nSPS) is 10.4. The molecule has 0 bridgehead atoms. The van der Waals surface area contributed by atoms with E-state index in [1.807, 2.05) is 0 Å². The highest BCUT2D eigenvalue weighted by atomic mass is 79.9. The van der Waals surface area contributed by atoms with E-state index in [1.165, 1.54) is 12.1 Å². The molecule has 0 aliphatic rings. The van der Waals surface area contributed by atoms with Crippen LogP contribution in [0.5, 0.6) is 5.75 Å². The number of aromatic nitrogens is 3. The second-order valence-corrected chi connectivity index (χ2v) is 4.10. The lowest BCUT2D eigenvalue weighted by Gasteiger charge is -2.05. The van der Waals surface area contributed by atoms with Crippen LogP contribution in [0.2, 0.25) is 0 Å². The minimum Gasteiger partial charge on any atom is -0.486 e. The summed E-state index contributed by atoms with van der Waals surface area (Å²) in [5.41, 5.74) is 0.693. The number of aryl methyl sites for hydroxylation is 1. The zero-order chi connectivity index (χ0) is 11.5. The van der Waals surface area contributed by atoms with Crippen LogP contribution in [0, 0.1) is 5.82 Å². The molecule has 4 nitrogen and oxygen atoms in total. The Morgan fingerprint density at radius 3 is 3.00 bits per heavy atom. The number of nitrogens with zero attached hydrogens (tertiary/aromatic N) is 3. The smallest absolute Gasteiger partial charge is 0.136 e. The van der Waals surface area contributed by atoms with Crippen molar-refractivity contribution in [2.75, 3.05) is 0 Å². The van der Waals surface area contributed by atoms with Crippen LogP contribution in [-0.4, -0.2) is 15.0 Å². The monoisotopic (exact) mass is 285 g/mol. The van der Waals surface area contributed by atoms with E-state index in [1.54, 1.807) is 24.0 Å². The highest BCUT2D eigenvalue weighted by Crippen LogP contribution is 2.26. The Morgan fingerprint density at radius 1 is 1.50 bits per heavy atom. The summed E-state index contributed by atoms with van der Waals surface area (Å²) in [7, 11) is 1.77. The lowest BCUT2D eigenvalue weighted by Crippen LogP contribution is -1.97. The van der Waals surface area contributed by atoms with Gasteiger partial charge < -0.3 is 4.74 Å². The van der Waals surface area contributed by atoms with Gasteiger partial charge in [-0.3, -0.25) is 4.68 Å². The summed E-state index contributed by atoms with van der Waals surface area (Å²) in [5, 5.41) is 7.63. The molecule has 0 radical (unpaired) electrons. The fourth-order valence-electron chi connectivity index (χ4n) is 1.20. The molecular weight excluding hydrogens is 277 g/mol. The minimum absolute atomic E-state index is 0.260. The van der Waals surface area contributed by atoms with Gasteiger partial charge in [0.2, 0.25) is 0 Å². The summed E-state index contributed by atoms with van der Waals surface area (Å²) in [5.74, 6) is 0.114. The Balaban J connectivity index is 2.07. The molecule has 1 aromatic heterocycles. The maximum atomic E-state index is 12.9. The van der Waals surface area contributed by atoms with Crippen LogP contribution in [0.1, 0.15) is 5.69 Å². The first-order valence-electron chi connectivity index (χ1n) is 4.58. The van der Waals surface area contributed by atoms with Gasteiger partial charge >= 0.3 is 0 Å². The molecule has 0 spiro atoms. The Morgan fingerprint density at radius 2 is 2.31 bits per heavy atom. The van der Waals surface area contributed by atoms with Gasteiger partial charge in [-0.05, 0) is 28.1 Å². The second-order valence-electron chi connectivity index (χ2n) is 3.25. The van der Waals surface area contributed by atoms with Gasteiger partial charge in [0.15, 0.2) is 0 Å². The third kappa shape index (κ3) is 2.57. The first-order chi connectivity index (χ1) is 7.65. The zero-order valence-corrected chi connectivity index (χ0v) is 10.1. The van der Waals surface area contributed by atoms with Crippen molar-refractivity contribution in [3.63, 3.8) is 0 Å². The maximum Gasteiger partial charge on any atom is 0.136 e. The van der Waals surface area contributed by atoms with Crippen LogP contribution in [0.4, 0.5) is 4.39 Å². The molecule has 0 fully saturated rings. The van der Waals surface area contributed by atoms with Crippen molar-refractivity contribution >= 4 is 15.9 Å². The molecule has 0 aliphatic carbocycles. The van der Waals surface area contributed by atoms with Crippen molar-refractivity contribution in [1.29, 1.82) is 0 Å². The van der Waals surface area contributed by atoms with Gasteiger partial charge in [0.1, 0.15) is 23.9 Å². The van der Waals surface area contributed by atoms with Gasteiger partial charge in [-0.25, -0.2) is 4.39 Å². The third-order valence-electron chi connectivity index (χ3n) is 1.92. The van der Waals surface area contributed by atoms with Gasteiger partial charge in [-0.15, -0.1) is 5.10 Å². The summed E-state index contributed by atoms with van der Waals surface area (Å²) >= 11 is 3.28. The fraction of sp³-hybridized carbons (Fsp3) is 0.200. The Kier molecular flexibility index (Phi) is 3.19. The molecule has 2 aromatic rings. The van der Waals surface area contributed by atoms with Crippen molar-refractivity contribution in [3.05, 3.63) is 40.4 Å². The molecule has 1 aromatic carbocycles. The van der Waals surface area contributed by atoms with Gasteiger partial charge in [-0.1, -0.05) is 5.21 Å². The second kappa shape index (κ2) is 4.61. The molecule has 0 N–H and O–H groups in total. The van der Waals surface area contributed by atoms with Crippen molar-refractivity contribution in [2.45, 2.75) is 6.61 Å². The molecule has 0 saturated carbocycles. The summed E-state index contributed by atoms with van der Waals surface area (Å²) in [6.45, 7) is 0.260. The molecule has 84 valence electrons. The first kappa shape index (κ1) is 11.1. The molecule has 0 aliphatic heterocycles. The molecule has 1 heterocycles. The first-order valence-corrected chi connectivity index (χ1v) is 5.37. The molecular formula is C10H9BrFN3O. The van der Waals surface area contributed by atoms with Crippen LogP contribution < -0.4 is 4.74 Å². The topological polar surface area (TPSA) is 39.9 Å². The van der Waals surface area contributed by atoms with Gasteiger partial charge in [0, 0.05) is 13.1 Å². The Bertz CT molecular complexity index is 501. The van der Waals surface area contributed by atoms with Crippen LogP contribution in [0.3, 0.4) is 0 Å². The average Bonchev–Trinajstić information content (AvgIpc) is 2.66. The summed E-state index contributed by atoms with van der Waals surface area (Å²) < 4.78 is 20.6. The van der Waals surface area contributed by atoms with Crippen molar-refractivity contribution in [3.8, 4) is 5.75 Å². The number of halogens is 2. The largest absolute Gasteiger partial charge is 0.486 e. The summed E-state index contributed by atoms with van der Waals surface area (Å²) in [6.07, 6.45) is 1.74. The van der Waals surface area contributed by atoms with Crippen LogP contribution in [0.15, 0.2) is 28.9 Å². The number of benzene rings is 1. The molecule has 0 unspecified atom stereocenters. The van der Waals surface area contributed by atoms with E-state index < -0.39 is 0 Å². The predicted octanol–water partition coefficient (Wildman–Crippen LogP) is 2.30. The lowest BCUT2D eigenvalue weighted by molar-refractivity contribution is 0.297. The standard InChI is InChI=1S/C10H9BrFN3O/c1-15-5-8(13-14-15)6-16-10-4-7(12)2-3-9(10)11/h2-5H,6H2,1H3. The molecule has 16 heavy (non-hydrogen) atoms. The molecule has 6 heteroatoms. The van der Waals surface area contributed by atoms with Crippen molar-refractivity contribution in [1.82, 2.24) is 15.0 Å². The van der Waals surface area contributed by atoms with Gasteiger partial charge in [0.25, 0.3) is 0 Å². The van der Waals surface area contributed by atoms with E-state index in [0.29, 0.717) is 15.9 Å².